The van der Waals surface area contributed by atoms with Crippen LogP contribution in [0.1, 0.15) is 52.8 Å². The molecule has 1 saturated heterocycles. The highest BCUT2D eigenvalue weighted by Gasteiger charge is 2.29. The predicted octanol–water partition coefficient (Wildman–Crippen LogP) is 4.02. The van der Waals surface area contributed by atoms with Crippen molar-refractivity contribution in [3.63, 3.8) is 0 Å². The van der Waals surface area contributed by atoms with Gasteiger partial charge in [-0.3, -0.25) is 14.3 Å². The number of nitrogens with one attached hydrogen (secondary N) is 1. The van der Waals surface area contributed by atoms with Crippen LogP contribution in [0.4, 0.5) is 5.82 Å². The molecule has 1 saturated carbocycles. The van der Waals surface area contributed by atoms with Gasteiger partial charge >= 0.3 is 0 Å². The fraction of sp³-hybridized carbons (Fsp3) is 0.333. The van der Waals surface area contributed by atoms with E-state index in [0.29, 0.717) is 36.7 Å². The molecule has 2 amide bonds. The van der Waals surface area contributed by atoms with Gasteiger partial charge in [-0.05, 0) is 73.6 Å². The van der Waals surface area contributed by atoms with Crippen molar-refractivity contribution in [3.05, 3.63) is 84.3 Å². The van der Waals surface area contributed by atoms with Crippen molar-refractivity contribution in [2.75, 3.05) is 18.8 Å². The molecule has 1 atom stereocenters. The molecule has 3 heterocycles. The van der Waals surface area contributed by atoms with Crippen LogP contribution in [-0.2, 0) is 7.05 Å². The van der Waals surface area contributed by atoms with Crippen LogP contribution in [0.5, 0.6) is 5.75 Å². The van der Waals surface area contributed by atoms with E-state index in [1.54, 1.807) is 28.0 Å². The largest absolute Gasteiger partial charge is 0.490 e. The van der Waals surface area contributed by atoms with Crippen LogP contribution in [0.25, 0.3) is 22.3 Å². The maximum absolute atomic E-state index is 13.3. The zero-order valence-electron chi connectivity index (χ0n) is 24.3. The van der Waals surface area contributed by atoms with E-state index >= 15 is 0 Å². The normalized spacial score (nSPS) is 20.1. The van der Waals surface area contributed by atoms with Gasteiger partial charge in [0, 0.05) is 61.3 Å². The Hall–Kier alpha value is -4.70. The smallest absolute Gasteiger partial charge is 0.255 e. The van der Waals surface area contributed by atoms with E-state index in [4.69, 9.17) is 16.2 Å². The fourth-order valence-corrected chi connectivity index (χ4v) is 5.82. The Morgan fingerprint density at radius 2 is 1.60 bits per heavy atom. The number of aryl methyl sites for hydroxylation is 1. The summed E-state index contributed by atoms with van der Waals surface area (Å²) >= 11 is 0. The number of hydrogen-bond acceptors (Lipinski definition) is 7. The number of carbonyl (C=O) groups is 2. The highest BCUT2D eigenvalue weighted by molar-refractivity contribution is 6.00. The van der Waals surface area contributed by atoms with E-state index in [1.807, 2.05) is 61.8 Å². The summed E-state index contributed by atoms with van der Waals surface area (Å²) in [5.41, 5.74) is 16.6. The lowest BCUT2D eigenvalue weighted by Crippen LogP contribution is -2.38. The van der Waals surface area contributed by atoms with Crippen molar-refractivity contribution in [1.29, 1.82) is 0 Å². The van der Waals surface area contributed by atoms with Gasteiger partial charge in [-0.15, -0.1) is 0 Å². The first-order valence-corrected chi connectivity index (χ1v) is 14.8. The third-order valence-corrected chi connectivity index (χ3v) is 8.35. The Bertz CT molecular complexity index is 1590. The number of benzene rings is 2. The lowest BCUT2D eigenvalue weighted by atomic mass is 9.94. The lowest BCUT2D eigenvalue weighted by Gasteiger charge is -2.26. The van der Waals surface area contributed by atoms with Crippen molar-refractivity contribution < 1.29 is 14.3 Å². The third kappa shape index (κ3) is 6.54. The monoisotopic (exact) mass is 579 g/mol. The highest BCUT2D eigenvalue weighted by Crippen LogP contribution is 2.27. The van der Waals surface area contributed by atoms with Gasteiger partial charge in [0.05, 0.1) is 17.9 Å². The molecule has 0 radical (unpaired) electrons. The van der Waals surface area contributed by atoms with Crippen LogP contribution in [0, 0.1) is 0 Å². The van der Waals surface area contributed by atoms with Crippen LogP contribution in [0.2, 0.25) is 0 Å². The standard InChI is InChI=1S/C33H37N7O3/c1-39-19-25(18-37-39)24-16-30(31(35)36-17-24)32(41)38-27-14-15-40(20-27)33(42)23-4-2-21(3-5-23)22-6-10-28(11-7-22)43-29-12-8-26(34)9-13-29/h2-7,10-11,16-19,26-27,29H,8-9,12-15,20,34H2,1H3,(H2,35,36)(H,38,41)/t26?,27-,29?/m1/s1. The van der Waals surface area contributed by atoms with Crippen LogP contribution in [0.15, 0.2) is 73.2 Å². The number of ether oxygens (including phenoxy) is 1. The summed E-state index contributed by atoms with van der Waals surface area (Å²) < 4.78 is 7.83. The van der Waals surface area contributed by atoms with E-state index in [9.17, 15) is 9.59 Å². The van der Waals surface area contributed by atoms with Crippen molar-refractivity contribution in [3.8, 4) is 28.0 Å². The van der Waals surface area contributed by atoms with Gasteiger partial charge in [-0.25, -0.2) is 4.98 Å². The molecule has 1 aliphatic heterocycles. The van der Waals surface area contributed by atoms with Crippen LogP contribution >= 0.6 is 0 Å². The number of anilines is 1. The number of rotatable bonds is 7. The molecule has 2 aliphatic rings. The van der Waals surface area contributed by atoms with E-state index < -0.39 is 0 Å². The second-order valence-corrected chi connectivity index (χ2v) is 11.5. The van der Waals surface area contributed by atoms with E-state index in [-0.39, 0.29) is 29.8 Å². The number of nitrogens with zero attached hydrogens (tertiary/aromatic N) is 4. The van der Waals surface area contributed by atoms with Crippen LogP contribution in [0.3, 0.4) is 0 Å². The molecule has 10 nitrogen and oxygen atoms in total. The van der Waals surface area contributed by atoms with Gasteiger partial charge in [0.15, 0.2) is 0 Å². The van der Waals surface area contributed by atoms with Gasteiger partial charge in [0.25, 0.3) is 11.8 Å². The quantitative estimate of drug-likeness (QED) is 0.300. The molecular formula is C33H37N7O3. The molecule has 6 rings (SSSR count). The van der Waals surface area contributed by atoms with Crippen molar-refractivity contribution in [2.45, 2.75) is 50.3 Å². The van der Waals surface area contributed by atoms with Crippen molar-refractivity contribution in [2.24, 2.45) is 12.8 Å². The molecule has 1 aliphatic carbocycles. The summed E-state index contributed by atoms with van der Waals surface area (Å²) in [7, 11) is 1.83. The minimum Gasteiger partial charge on any atom is -0.490 e. The molecule has 43 heavy (non-hydrogen) atoms. The van der Waals surface area contributed by atoms with Gasteiger partial charge < -0.3 is 26.4 Å². The molecule has 0 spiro atoms. The highest BCUT2D eigenvalue weighted by atomic mass is 16.5. The molecule has 2 aromatic heterocycles. The van der Waals surface area contributed by atoms with Gasteiger partial charge in [-0.2, -0.15) is 5.10 Å². The number of hydrogen-bond donors (Lipinski definition) is 3. The summed E-state index contributed by atoms with van der Waals surface area (Å²) in [6.45, 7) is 0.986. The summed E-state index contributed by atoms with van der Waals surface area (Å²) in [5, 5.41) is 7.21. The molecule has 4 aromatic rings. The number of aromatic nitrogens is 3. The fourth-order valence-electron chi connectivity index (χ4n) is 5.82. The van der Waals surface area contributed by atoms with Gasteiger partial charge in [0.1, 0.15) is 11.6 Å². The summed E-state index contributed by atoms with van der Waals surface area (Å²) in [5.74, 6) is 0.664. The number of likely N-dealkylation sites (tertiary alicyclic amines) is 1. The van der Waals surface area contributed by atoms with Gasteiger partial charge in [0.2, 0.25) is 0 Å². The maximum Gasteiger partial charge on any atom is 0.255 e. The Morgan fingerprint density at radius 3 is 2.28 bits per heavy atom. The molecule has 0 unspecified atom stereocenters. The Labute approximate surface area is 251 Å². The Morgan fingerprint density at radius 1 is 0.907 bits per heavy atom. The summed E-state index contributed by atoms with van der Waals surface area (Å²) in [4.78, 5) is 32.3. The first kappa shape index (κ1) is 28.4. The molecule has 2 aromatic carbocycles. The number of carbonyl (C=O) groups excluding carboxylic acids is 2. The summed E-state index contributed by atoms with van der Waals surface area (Å²) in [6.07, 6.45) is 10.1. The van der Waals surface area contributed by atoms with Crippen LogP contribution in [-0.4, -0.2) is 62.8 Å². The summed E-state index contributed by atoms with van der Waals surface area (Å²) in [6, 6.07) is 17.6. The molecular weight excluding hydrogens is 542 g/mol. The predicted molar refractivity (Wildman–Crippen MR) is 165 cm³/mol. The number of nitrogen functional groups attached to an aromatic ring is 1. The first-order chi connectivity index (χ1) is 20.8. The minimum absolute atomic E-state index is 0.0565. The second-order valence-electron chi connectivity index (χ2n) is 11.5. The Balaban J connectivity index is 1.04. The maximum atomic E-state index is 13.3. The van der Waals surface area contributed by atoms with Crippen molar-refractivity contribution >= 4 is 17.6 Å². The van der Waals surface area contributed by atoms with Gasteiger partial charge in [-0.1, -0.05) is 24.3 Å². The van der Waals surface area contributed by atoms with E-state index in [1.165, 1.54) is 0 Å². The molecule has 10 heteroatoms. The SMILES string of the molecule is Cn1cc(-c2cnc(N)c(C(=O)N[C@@H]3CCN(C(=O)c4ccc(-c5ccc(OC6CCC(N)CC6)cc5)cc4)C3)c2)cn1. The Kier molecular flexibility index (Phi) is 8.11. The second kappa shape index (κ2) is 12.3. The number of pyridine rings is 1. The lowest BCUT2D eigenvalue weighted by molar-refractivity contribution is 0.0783. The molecule has 2 fully saturated rings. The zero-order chi connectivity index (χ0) is 29.9. The average molecular weight is 580 g/mol. The van der Waals surface area contributed by atoms with Crippen molar-refractivity contribution in [1.82, 2.24) is 25.0 Å². The first-order valence-electron chi connectivity index (χ1n) is 14.8. The number of nitrogens with two attached hydrogens (primary N) is 2. The molecule has 5 N–H and O–H groups in total. The van der Waals surface area contributed by atoms with Crippen LogP contribution < -0.4 is 21.5 Å². The third-order valence-electron chi connectivity index (χ3n) is 8.35. The minimum atomic E-state index is -0.307. The molecule has 222 valence electrons. The topological polar surface area (TPSA) is 141 Å². The molecule has 0 bridgehead atoms. The van der Waals surface area contributed by atoms with E-state index in [2.05, 4.69) is 15.4 Å². The van der Waals surface area contributed by atoms with E-state index in [0.717, 1.165) is 53.7 Å². The average Bonchev–Trinajstić information content (AvgIpc) is 3.68. The number of amides is 2. The zero-order valence-corrected chi connectivity index (χ0v) is 24.3.